The van der Waals surface area contributed by atoms with Crippen LogP contribution < -0.4 is 4.72 Å². The van der Waals surface area contributed by atoms with Gasteiger partial charge in [-0.3, -0.25) is 4.72 Å². The summed E-state index contributed by atoms with van der Waals surface area (Å²) in [7, 11) is -4.40. The lowest BCUT2D eigenvalue weighted by Crippen LogP contribution is -2.16. The number of fused-ring (bicyclic) bond motifs is 1. The van der Waals surface area contributed by atoms with Gasteiger partial charge in [-0.05, 0) is 48.9 Å². The Morgan fingerprint density at radius 3 is 2.55 bits per heavy atom. The molecule has 31 heavy (non-hydrogen) atoms. The zero-order valence-corrected chi connectivity index (χ0v) is 17.4. The van der Waals surface area contributed by atoms with Crippen LogP contribution in [0.15, 0.2) is 59.6 Å². The van der Waals surface area contributed by atoms with Crippen molar-refractivity contribution in [1.82, 2.24) is 9.97 Å². The standard InChI is InChI=1S/C20H13F4N3O2S2/c1-11-13(18-26-17-6-3-9-25-19(17)30-18)4-2-5-16(11)27-31(28,29)12-7-8-15(21)14(10-12)20(22,23)24/h2-10,27H,1H3. The van der Waals surface area contributed by atoms with Crippen molar-refractivity contribution in [2.45, 2.75) is 18.0 Å². The molecule has 0 spiro atoms. The summed E-state index contributed by atoms with van der Waals surface area (Å²) in [5.41, 5.74) is 0.394. The molecule has 11 heteroatoms. The molecule has 4 rings (SSSR count). The van der Waals surface area contributed by atoms with E-state index in [1.165, 1.54) is 17.4 Å². The molecule has 0 saturated heterocycles. The second kappa shape index (κ2) is 7.57. The van der Waals surface area contributed by atoms with Crippen LogP contribution in [0.4, 0.5) is 23.2 Å². The Morgan fingerprint density at radius 1 is 1.06 bits per heavy atom. The molecule has 0 atom stereocenters. The maximum Gasteiger partial charge on any atom is 0.419 e. The van der Waals surface area contributed by atoms with Crippen molar-refractivity contribution in [2.24, 2.45) is 0 Å². The average Bonchev–Trinajstić information content (AvgIpc) is 3.12. The Balaban J connectivity index is 1.72. The Bertz CT molecular complexity index is 1370. The van der Waals surface area contributed by atoms with Crippen molar-refractivity contribution in [3.8, 4) is 10.6 Å². The number of thiazole rings is 1. The van der Waals surface area contributed by atoms with E-state index >= 15 is 0 Å². The highest BCUT2D eigenvalue weighted by atomic mass is 32.2. The first-order valence-corrected chi connectivity index (χ1v) is 11.1. The van der Waals surface area contributed by atoms with Crippen LogP contribution in [0.2, 0.25) is 0 Å². The molecule has 0 saturated carbocycles. The predicted molar refractivity (Wildman–Crippen MR) is 110 cm³/mol. The van der Waals surface area contributed by atoms with Crippen LogP contribution in [0, 0.1) is 12.7 Å². The molecule has 160 valence electrons. The van der Waals surface area contributed by atoms with Crippen molar-refractivity contribution in [1.29, 1.82) is 0 Å². The lowest BCUT2D eigenvalue weighted by molar-refractivity contribution is -0.140. The fourth-order valence-electron chi connectivity index (χ4n) is 2.96. The van der Waals surface area contributed by atoms with E-state index in [-0.39, 0.29) is 11.8 Å². The molecule has 0 radical (unpaired) electrons. The van der Waals surface area contributed by atoms with Gasteiger partial charge in [-0.1, -0.05) is 23.5 Å². The minimum absolute atomic E-state index is 0.169. The number of hydrogen-bond acceptors (Lipinski definition) is 5. The fraction of sp³-hybridized carbons (Fsp3) is 0.100. The van der Waals surface area contributed by atoms with Gasteiger partial charge < -0.3 is 0 Å². The van der Waals surface area contributed by atoms with Gasteiger partial charge in [0, 0.05) is 11.8 Å². The summed E-state index contributed by atoms with van der Waals surface area (Å²) in [5.74, 6) is -1.55. The monoisotopic (exact) mass is 467 g/mol. The molecule has 0 unspecified atom stereocenters. The third kappa shape index (κ3) is 4.10. The number of benzene rings is 2. The second-order valence-corrected chi connectivity index (χ2v) is 9.23. The van der Waals surface area contributed by atoms with Crippen LogP contribution in [0.3, 0.4) is 0 Å². The molecular weight excluding hydrogens is 454 g/mol. The average molecular weight is 467 g/mol. The number of sulfonamides is 1. The van der Waals surface area contributed by atoms with Crippen molar-refractivity contribution >= 4 is 37.4 Å². The van der Waals surface area contributed by atoms with Gasteiger partial charge in [-0.25, -0.2) is 22.8 Å². The molecule has 2 heterocycles. The van der Waals surface area contributed by atoms with E-state index in [2.05, 4.69) is 14.7 Å². The highest BCUT2D eigenvalue weighted by Gasteiger charge is 2.35. The topological polar surface area (TPSA) is 72.0 Å². The SMILES string of the molecule is Cc1c(NS(=O)(=O)c2ccc(F)c(C(F)(F)F)c2)cccc1-c1nc2cccnc2s1. The van der Waals surface area contributed by atoms with Gasteiger partial charge in [0.1, 0.15) is 21.2 Å². The largest absolute Gasteiger partial charge is 0.419 e. The number of rotatable bonds is 4. The maximum absolute atomic E-state index is 13.5. The van der Waals surface area contributed by atoms with Crippen molar-refractivity contribution in [3.05, 3.63) is 71.7 Å². The Hall–Kier alpha value is -3.05. The zero-order chi connectivity index (χ0) is 22.4. The van der Waals surface area contributed by atoms with Crippen LogP contribution in [0.5, 0.6) is 0 Å². The molecule has 0 fully saturated rings. The van der Waals surface area contributed by atoms with Crippen molar-refractivity contribution in [2.75, 3.05) is 4.72 Å². The third-order valence-electron chi connectivity index (χ3n) is 4.53. The third-order valence-corrected chi connectivity index (χ3v) is 6.90. The van der Waals surface area contributed by atoms with Crippen LogP contribution >= 0.6 is 11.3 Å². The van der Waals surface area contributed by atoms with E-state index in [0.29, 0.717) is 32.5 Å². The minimum Gasteiger partial charge on any atom is -0.279 e. The minimum atomic E-state index is -5.02. The van der Waals surface area contributed by atoms with Crippen LogP contribution in [0.1, 0.15) is 11.1 Å². The van der Waals surface area contributed by atoms with Gasteiger partial charge in [0.2, 0.25) is 0 Å². The van der Waals surface area contributed by atoms with E-state index in [0.717, 1.165) is 6.07 Å². The fourth-order valence-corrected chi connectivity index (χ4v) is 5.09. The van der Waals surface area contributed by atoms with Crippen molar-refractivity contribution < 1.29 is 26.0 Å². The first-order valence-electron chi connectivity index (χ1n) is 8.77. The summed E-state index contributed by atoms with van der Waals surface area (Å²) in [5, 5.41) is 0.619. The number of hydrogen-bond donors (Lipinski definition) is 1. The molecule has 2 aromatic carbocycles. The van der Waals surface area contributed by atoms with Crippen LogP contribution in [-0.4, -0.2) is 18.4 Å². The molecule has 5 nitrogen and oxygen atoms in total. The number of halogens is 4. The predicted octanol–water partition coefficient (Wildman–Crippen LogP) is 5.63. The van der Waals surface area contributed by atoms with Gasteiger partial charge in [0.25, 0.3) is 10.0 Å². The van der Waals surface area contributed by atoms with Gasteiger partial charge in [-0.2, -0.15) is 13.2 Å². The number of nitrogens with one attached hydrogen (secondary N) is 1. The summed E-state index contributed by atoms with van der Waals surface area (Å²) in [6.07, 6.45) is -3.38. The van der Waals surface area contributed by atoms with Gasteiger partial charge in [-0.15, -0.1) is 0 Å². The molecular formula is C20H13F4N3O2S2. The van der Waals surface area contributed by atoms with Crippen molar-refractivity contribution in [3.63, 3.8) is 0 Å². The van der Waals surface area contributed by atoms with E-state index in [1.54, 1.807) is 37.4 Å². The molecule has 1 N–H and O–H groups in total. The molecule has 0 aliphatic rings. The molecule has 0 aliphatic carbocycles. The normalized spacial score (nSPS) is 12.3. The van der Waals surface area contributed by atoms with Gasteiger partial charge in [0.05, 0.1) is 16.1 Å². The molecule has 0 bridgehead atoms. The van der Waals surface area contributed by atoms with Crippen LogP contribution in [0.25, 0.3) is 20.9 Å². The molecule has 0 aliphatic heterocycles. The number of pyridine rings is 1. The summed E-state index contributed by atoms with van der Waals surface area (Å²) < 4.78 is 80.1. The highest BCUT2D eigenvalue weighted by Crippen LogP contribution is 2.36. The molecule has 2 aromatic heterocycles. The first-order chi connectivity index (χ1) is 14.6. The number of anilines is 1. The molecule has 0 amide bonds. The van der Waals surface area contributed by atoms with Gasteiger partial charge in [0.15, 0.2) is 0 Å². The lowest BCUT2D eigenvalue weighted by atomic mass is 10.1. The second-order valence-electron chi connectivity index (χ2n) is 6.57. The number of nitrogens with zero attached hydrogens (tertiary/aromatic N) is 2. The Labute approximate surface area is 178 Å². The smallest absolute Gasteiger partial charge is 0.279 e. The first kappa shape index (κ1) is 21.2. The summed E-state index contributed by atoms with van der Waals surface area (Å²) >= 11 is 1.33. The molecule has 4 aromatic rings. The zero-order valence-electron chi connectivity index (χ0n) is 15.7. The van der Waals surface area contributed by atoms with E-state index in [1.807, 2.05) is 0 Å². The van der Waals surface area contributed by atoms with Crippen LogP contribution in [-0.2, 0) is 16.2 Å². The quantitative estimate of drug-likeness (QED) is 0.395. The Kier molecular flexibility index (Phi) is 5.18. The van der Waals surface area contributed by atoms with Gasteiger partial charge >= 0.3 is 6.18 Å². The van der Waals surface area contributed by atoms with E-state index in [4.69, 9.17) is 0 Å². The van der Waals surface area contributed by atoms with E-state index in [9.17, 15) is 26.0 Å². The lowest BCUT2D eigenvalue weighted by Gasteiger charge is -2.14. The number of aromatic nitrogens is 2. The van der Waals surface area contributed by atoms with E-state index < -0.39 is 32.5 Å². The maximum atomic E-state index is 13.5. The summed E-state index contributed by atoms with van der Waals surface area (Å²) in [6, 6.07) is 9.93. The number of alkyl halides is 3. The summed E-state index contributed by atoms with van der Waals surface area (Å²) in [6.45, 7) is 1.67. The highest BCUT2D eigenvalue weighted by molar-refractivity contribution is 7.92. The summed E-state index contributed by atoms with van der Waals surface area (Å²) in [4.78, 5) is 8.75. The Morgan fingerprint density at radius 2 is 1.84 bits per heavy atom.